The minimum Gasteiger partial charge on any atom is -0.496 e. The summed E-state index contributed by atoms with van der Waals surface area (Å²) in [5.74, 6) is 3.48. The summed E-state index contributed by atoms with van der Waals surface area (Å²) in [4.78, 5) is 19.0. The molecule has 2 heterocycles. The summed E-state index contributed by atoms with van der Waals surface area (Å²) >= 11 is 1.88. The summed E-state index contributed by atoms with van der Waals surface area (Å²) in [5.41, 5.74) is 0.897. The van der Waals surface area contributed by atoms with E-state index in [0.29, 0.717) is 0 Å². The second kappa shape index (κ2) is 7.61. The van der Waals surface area contributed by atoms with Gasteiger partial charge in [-0.25, -0.2) is 9.78 Å². The number of carbonyl (C=O) groups is 1. The third-order valence-electron chi connectivity index (χ3n) is 4.13. The van der Waals surface area contributed by atoms with Crippen molar-refractivity contribution in [2.24, 2.45) is 7.05 Å². The first-order valence-electron chi connectivity index (χ1n) is 7.94. The molecule has 7 heteroatoms. The first-order chi connectivity index (χ1) is 11.7. The maximum Gasteiger partial charge on any atom is 0.318 e. The van der Waals surface area contributed by atoms with E-state index in [0.717, 1.165) is 41.7 Å². The van der Waals surface area contributed by atoms with Gasteiger partial charge in [-0.05, 0) is 6.07 Å². The molecule has 6 nitrogen and oxygen atoms in total. The molecule has 1 atom stereocenters. The van der Waals surface area contributed by atoms with Crippen LogP contribution in [-0.2, 0) is 7.05 Å². The molecule has 0 aliphatic carbocycles. The molecule has 1 aromatic heterocycles. The van der Waals surface area contributed by atoms with Crippen molar-refractivity contribution in [1.82, 2.24) is 19.8 Å². The highest BCUT2D eigenvalue weighted by molar-refractivity contribution is 7.99. The number of aryl methyl sites for hydroxylation is 1. The molecule has 0 saturated carbocycles. The average molecular weight is 346 g/mol. The predicted octanol–water partition coefficient (Wildman–Crippen LogP) is 2.28. The number of urea groups is 1. The number of rotatable bonds is 4. The number of benzene rings is 1. The minimum atomic E-state index is -0.358. The van der Waals surface area contributed by atoms with Crippen molar-refractivity contribution >= 4 is 17.8 Å². The molecular formula is C17H22N4O2S. The van der Waals surface area contributed by atoms with Gasteiger partial charge in [0.2, 0.25) is 0 Å². The number of para-hydroxylation sites is 1. The summed E-state index contributed by atoms with van der Waals surface area (Å²) in [6, 6.07) is 7.30. The number of methoxy groups -OCH3 is 1. The van der Waals surface area contributed by atoms with E-state index in [1.807, 2.05) is 58.7 Å². The van der Waals surface area contributed by atoms with Gasteiger partial charge in [0.1, 0.15) is 17.6 Å². The molecule has 24 heavy (non-hydrogen) atoms. The molecule has 1 aliphatic heterocycles. The van der Waals surface area contributed by atoms with Crippen LogP contribution in [0.5, 0.6) is 5.75 Å². The Hall–Kier alpha value is -2.15. The Morgan fingerprint density at radius 3 is 2.75 bits per heavy atom. The molecule has 1 saturated heterocycles. The fraction of sp³-hybridized carbons (Fsp3) is 0.412. The van der Waals surface area contributed by atoms with E-state index in [1.54, 1.807) is 13.3 Å². The Labute approximate surface area is 146 Å². The molecule has 128 valence electrons. The van der Waals surface area contributed by atoms with Crippen molar-refractivity contribution in [2.75, 3.05) is 31.7 Å². The molecule has 1 N–H and O–H groups in total. The van der Waals surface area contributed by atoms with Crippen LogP contribution in [0.4, 0.5) is 4.79 Å². The zero-order valence-electron chi connectivity index (χ0n) is 13.9. The average Bonchev–Trinajstić information content (AvgIpc) is 3.06. The molecule has 2 aromatic rings. The highest BCUT2D eigenvalue weighted by atomic mass is 32.2. The Kier molecular flexibility index (Phi) is 5.30. The molecule has 1 aliphatic rings. The lowest BCUT2D eigenvalue weighted by molar-refractivity contribution is 0.200. The van der Waals surface area contributed by atoms with Crippen LogP contribution >= 0.6 is 11.8 Å². The highest BCUT2D eigenvalue weighted by Crippen LogP contribution is 2.29. The number of aromatic nitrogens is 2. The molecule has 2 amide bonds. The molecule has 1 aromatic carbocycles. The molecule has 0 unspecified atom stereocenters. The van der Waals surface area contributed by atoms with Gasteiger partial charge in [0.05, 0.1) is 7.11 Å². The summed E-state index contributed by atoms with van der Waals surface area (Å²) < 4.78 is 7.41. The molecular weight excluding hydrogens is 324 g/mol. The van der Waals surface area contributed by atoms with E-state index in [4.69, 9.17) is 4.74 Å². The summed E-state index contributed by atoms with van der Waals surface area (Å²) in [6.07, 6.45) is 3.61. The van der Waals surface area contributed by atoms with Crippen LogP contribution in [0.3, 0.4) is 0 Å². The van der Waals surface area contributed by atoms with E-state index >= 15 is 0 Å². The van der Waals surface area contributed by atoms with Crippen molar-refractivity contribution in [1.29, 1.82) is 0 Å². The van der Waals surface area contributed by atoms with Crippen molar-refractivity contribution in [2.45, 2.75) is 6.04 Å². The van der Waals surface area contributed by atoms with E-state index in [2.05, 4.69) is 10.3 Å². The number of ether oxygens (including phenoxy) is 1. The van der Waals surface area contributed by atoms with E-state index in [1.165, 1.54) is 0 Å². The molecule has 0 radical (unpaired) electrons. The fourth-order valence-electron chi connectivity index (χ4n) is 2.82. The summed E-state index contributed by atoms with van der Waals surface area (Å²) in [7, 11) is 3.56. The number of hydrogen-bond acceptors (Lipinski definition) is 4. The Morgan fingerprint density at radius 2 is 2.08 bits per heavy atom. The monoisotopic (exact) mass is 346 g/mol. The van der Waals surface area contributed by atoms with Gasteiger partial charge in [-0.15, -0.1) is 0 Å². The zero-order valence-corrected chi connectivity index (χ0v) is 14.8. The zero-order chi connectivity index (χ0) is 16.9. The van der Waals surface area contributed by atoms with Crippen LogP contribution in [0.15, 0.2) is 36.7 Å². The van der Waals surface area contributed by atoms with Gasteiger partial charge in [0.15, 0.2) is 0 Å². The van der Waals surface area contributed by atoms with Crippen LogP contribution < -0.4 is 10.1 Å². The largest absolute Gasteiger partial charge is 0.496 e. The van der Waals surface area contributed by atoms with E-state index in [-0.39, 0.29) is 12.1 Å². The molecule has 3 rings (SSSR count). The van der Waals surface area contributed by atoms with Gasteiger partial charge in [0.25, 0.3) is 0 Å². The number of thioether (sulfide) groups is 1. The van der Waals surface area contributed by atoms with Gasteiger partial charge in [-0.1, -0.05) is 18.2 Å². The topological polar surface area (TPSA) is 59.4 Å². The van der Waals surface area contributed by atoms with Gasteiger partial charge in [-0.2, -0.15) is 11.8 Å². The quantitative estimate of drug-likeness (QED) is 0.923. The van der Waals surface area contributed by atoms with Crippen LogP contribution in [0.25, 0.3) is 0 Å². The third-order valence-corrected chi connectivity index (χ3v) is 5.08. The molecule has 0 bridgehead atoms. The maximum atomic E-state index is 12.7. The van der Waals surface area contributed by atoms with Crippen LogP contribution in [0.2, 0.25) is 0 Å². The first kappa shape index (κ1) is 16.7. The summed E-state index contributed by atoms with van der Waals surface area (Å²) in [5, 5.41) is 3.14. The lowest BCUT2D eigenvalue weighted by Gasteiger charge is -2.29. The Bertz CT molecular complexity index is 697. The number of hydrogen-bond donors (Lipinski definition) is 1. The lowest BCUT2D eigenvalue weighted by Crippen LogP contribution is -2.46. The highest BCUT2D eigenvalue weighted by Gasteiger charge is 2.26. The third kappa shape index (κ3) is 3.51. The number of amides is 2. The minimum absolute atomic E-state index is 0.0609. The van der Waals surface area contributed by atoms with Crippen molar-refractivity contribution in [3.8, 4) is 5.75 Å². The van der Waals surface area contributed by atoms with E-state index < -0.39 is 0 Å². The van der Waals surface area contributed by atoms with Crippen molar-refractivity contribution in [3.63, 3.8) is 0 Å². The smallest absolute Gasteiger partial charge is 0.318 e. The van der Waals surface area contributed by atoms with Crippen LogP contribution in [0, 0.1) is 0 Å². The second-order valence-corrected chi connectivity index (χ2v) is 6.84. The van der Waals surface area contributed by atoms with Crippen LogP contribution in [0.1, 0.15) is 17.4 Å². The van der Waals surface area contributed by atoms with Gasteiger partial charge < -0.3 is 19.5 Å². The Balaban J connectivity index is 1.91. The number of nitrogens with zero attached hydrogens (tertiary/aromatic N) is 3. The normalized spacial score (nSPS) is 15.8. The lowest BCUT2D eigenvalue weighted by atomic mass is 10.0. The fourth-order valence-corrected chi connectivity index (χ4v) is 3.73. The SMILES string of the molecule is COc1ccccc1[C@@H](NC(=O)N1CCSCC1)c1nccn1C. The number of nitrogens with one attached hydrogen (secondary N) is 1. The van der Waals surface area contributed by atoms with Gasteiger partial charge in [-0.3, -0.25) is 0 Å². The van der Waals surface area contributed by atoms with Gasteiger partial charge >= 0.3 is 6.03 Å². The van der Waals surface area contributed by atoms with Gasteiger partial charge in [0, 0.05) is 49.6 Å². The maximum absolute atomic E-state index is 12.7. The van der Waals surface area contributed by atoms with Crippen molar-refractivity contribution < 1.29 is 9.53 Å². The standard InChI is InChI=1S/C17H22N4O2S/c1-20-8-7-18-16(20)15(13-5-3-4-6-14(13)23-2)19-17(22)21-9-11-24-12-10-21/h3-8,15H,9-12H2,1-2H3,(H,19,22)/t15-/m1/s1. The Morgan fingerprint density at radius 1 is 1.33 bits per heavy atom. The molecule has 0 spiro atoms. The number of imidazole rings is 1. The second-order valence-electron chi connectivity index (χ2n) is 5.62. The van der Waals surface area contributed by atoms with Crippen molar-refractivity contribution in [3.05, 3.63) is 48.0 Å². The summed E-state index contributed by atoms with van der Waals surface area (Å²) in [6.45, 7) is 1.55. The van der Waals surface area contributed by atoms with Crippen LogP contribution in [-0.4, -0.2) is 52.2 Å². The number of carbonyl (C=O) groups excluding carboxylic acids is 1. The first-order valence-corrected chi connectivity index (χ1v) is 9.09. The van der Waals surface area contributed by atoms with E-state index in [9.17, 15) is 4.79 Å². The molecule has 1 fully saturated rings. The predicted molar refractivity (Wildman–Crippen MR) is 95.5 cm³/mol.